The molecule has 0 saturated carbocycles. The molecule has 0 atom stereocenters. The Kier molecular flexibility index (Phi) is 7.60. The van der Waals surface area contributed by atoms with Crippen LogP contribution in [0.15, 0.2) is 17.5 Å². The van der Waals surface area contributed by atoms with Gasteiger partial charge < -0.3 is 9.90 Å². The molecule has 0 aromatic carbocycles. The van der Waals surface area contributed by atoms with Crippen LogP contribution < -0.4 is 5.11 Å². The first-order valence-electron chi connectivity index (χ1n) is 2.05. The first-order chi connectivity index (χ1) is 3.80. The third-order valence-electron chi connectivity index (χ3n) is 0.722. The summed E-state index contributed by atoms with van der Waals surface area (Å²) in [6.07, 6.45) is 0. The second-order valence-electron chi connectivity index (χ2n) is 1.26. The van der Waals surface area contributed by atoms with Crippen molar-refractivity contribution >= 4 is 17.3 Å². The van der Waals surface area contributed by atoms with Gasteiger partial charge in [0.2, 0.25) is 0 Å². The minimum atomic E-state index is -1.10. The molecule has 5 heteroatoms. The van der Waals surface area contributed by atoms with E-state index in [4.69, 9.17) is 0 Å². The summed E-state index contributed by atoms with van der Waals surface area (Å²) in [6.45, 7) is 0. The van der Waals surface area contributed by atoms with Crippen LogP contribution in [0, 0.1) is 0 Å². The third kappa shape index (κ3) is 3.38. The molecule has 0 amide bonds. The van der Waals surface area contributed by atoms with Crippen LogP contribution in [-0.4, -0.2) is 5.97 Å². The number of hydrogen-bond acceptors (Lipinski definition) is 3. The van der Waals surface area contributed by atoms with Crippen LogP contribution in [0.25, 0.3) is 0 Å². The molecule has 1 aromatic heterocycles. The van der Waals surface area contributed by atoms with Crippen LogP contribution in [0.3, 0.4) is 0 Å². The zero-order valence-corrected chi connectivity index (χ0v) is 7.32. The van der Waals surface area contributed by atoms with E-state index in [1.165, 1.54) is 17.4 Å². The van der Waals surface area contributed by atoms with Gasteiger partial charge in [0.25, 0.3) is 0 Å². The van der Waals surface area contributed by atoms with Gasteiger partial charge in [-0.1, -0.05) is 6.07 Å². The van der Waals surface area contributed by atoms with E-state index >= 15 is 0 Å². The molecule has 1 heterocycles. The maximum atomic E-state index is 9.96. The van der Waals surface area contributed by atoms with Crippen molar-refractivity contribution in [1.29, 1.82) is 0 Å². The van der Waals surface area contributed by atoms with Gasteiger partial charge in [0, 0.05) is 21.4 Å². The third-order valence-corrected chi connectivity index (χ3v) is 1.57. The van der Waals surface area contributed by atoms with E-state index < -0.39 is 5.97 Å². The molecule has 0 aliphatic heterocycles. The molecule has 0 aliphatic rings. The van der Waals surface area contributed by atoms with Crippen molar-refractivity contribution in [3.8, 4) is 0 Å². The Hall–Kier alpha value is 0.183. The predicted molar refractivity (Wildman–Crippen MR) is 28.6 cm³/mol. The molecule has 1 aromatic rings. The second-order valence-corrected chi connectivity index (χ2v) is 2.21. The Morgan fingerprint density at radius 3 is 2.40 bits per heavy atom. The van der Waals surface area contributed by atoms with Crippen molar-refractivity contribution < 1.29 is 43.5 Å². The van der Waals surface area contributed by atoms with E-state index in [1.807, 2.05) is 0 Å². The zero-order chi connectivity index (χ0) is 5.98. The van der Waals surface area contributed by atoms with Gasteiger partial charge in [-0.05, 0) is 11.4 Å². The van der Waals surface area contributed by atoms with E-state index in [0.29, 0.717) is 0 Å². The Morgan fingerprint density at radius 2 is 2.20 bits per heavy atom. The average molecular weight is 249 g/mol. The quantitative estimate of drug-likeness (QED) is 0.663. The van der Waals surface area contributed by atoms with E-state index in [2.05, 4.69) is 0 Å². The van der Waals surface area contributed by atoms with Crippen LogP contribution in [0.1, 0.15) is 9.67 Å². The summed E-state index contributed by atoms with van der Waals surface area (Å²) in [6, 6.07) is 3.19. The zero-order valence-electron chi connectivity index (χ0n) is 4.57. The summed E-state index contributed by atoms with van der Waals surface area (Å²) in [4.78, 5) is 10.2. The average Bonchev–Trinajstić information content (AvgIpc) is 2.12. The molecule has 62 valence electrons. The number of rotatable bonds is 1. The number of hydrogen-bond donors (Lipinski definition) is 0. The molecule has 0 unspecified atom stereocenters. The fraction of sp³-hybridized carbons (Fsp3) is 0. The number of aromatic carboxylic acids is 1. The van der Waals surface area contributed by atoms with Crippen LogP contribution in [0.4, 0.5) is 0 Å². The summed E-state index contributed by atoms with van der Waals surface area (Å²) >= 11 is 1.17. The minimum absolute atomic E-state index is 0. The Bertz CT molecular complexity index is 188. The molecule has 0 spiro atoms. The van der Waals surface area contributed by atoms with Gasteiger partial charge in [-0.25, -0.2) is 0 Å². The van der Waals surface area contributed by atoms with Crippen molar-refractivity contribution in [1.82, 2.24) is 0 Å². The number of carboxylic acids is 1. The molecule has 0 radical (unpaired) electrons. The normalized spacial score (nSPS) is 7.20. The summed E-state index contributed by atoms with van der Waals surface area (Å²) < 4.78 is 0. The minimum Gasteiger partial charge on any atom is -0.544 e. The molecule has 1 rings (SSSR count). The molecular formula is C5H3CuNiO2S. The van der Waals surface area contributed by atoms with Crippen molar-refractivity contribution in [2.75, 3.05) is 0 Å². The largest absolute Gasteiger partial charge is 1.00 e. The molecule has 0 N–H and O–H groups in total. The summed E-state index contributed by atoms with van der Waals surface area (Å²) in [5.74, 6) is -1.10. The Morgan fingerprint density at radius 1 is 1.60 bits per heavy atom. The van der Waals surface area contributed by atoms with E-state index in [1.54, 1.807) is 11.4 Å². The van der Waals surface area contributed by atoms with Gasteiger partial charge in [0.15, 0.2) is 0 Å². The van der Waals surface area contributed by atoms with Gasteiger partial charge in [-0.15, -0.1) is 11.3 Å². The number of carbonyl (C=O) groups excluding carboxylic acids is 1. The van der Waals surface area contributed by atoms with Crippen molar-refractivity contribution in [3.63, 3.8) is 0 Å². The topological polar surface area (TPSA) is 40.1 Å². The van der Waals surface area contributed by atoms with E-state index in [9.17, 15) is 9.90 Å². The fourth-order valence-corrected chi connectivity index (χ4v) is 0.952. The van der Waals surface area contributed by atoms with Gasteiger partial charge in [-0.2, -0.15) is 0 Å². The molecule has 0 bridgehead atoms. The maximum absolute atomic E-state index is 9.96. The van der Waals surface area contributed by atoms with Crippen LogP contribution >= 0.6 is 11.3 Å². The van der Waals surface area contributed by atoms with Crippen LogP contribution in [0.2, 0.25) is 0 Å². The monoisotopic (exact) mass is 248 g/mol. The van der Waals surface area contributed by atoms with Crippen molar-refractivity contribution in [2.45, 2.75) is 0 Å². The summed E-state index contributed by atoms with van der Waals surface area (Å²) in [5.41, 5.74) is 0. The van der Waals surface area contributed by atoms with Crippen molar-refractivity contribution in [2.24, 2.45) is 0 Å². The Labute approximate surface area is 83.0 Å². The maximum Gasteiger partial charge on any atom is 1.00 e. The fourth-order valence-electron chi connectivity index (χ4n) is 0.395. The predicted octanol–water partition coefficient (Wildman–Crippen LogP) is 0.107. The van der Waals surface area contributed by atoms with Gasteiger partial charge in [-0.3, -0.25) is 0 Å². The molecule has 2 nitrogen and oxygen atoms in total. The second kappa shape index (κ2) is 5.93. The summed E-state index contributed by atoms with van der Waals surface area (Å²) in [7, 11) is 0. The molecule has 10 heavy (non-hydrogen) atoms. The first kappa shape index (κ1) is 12.8. The SMILES string of the molecule is O=C([O-])c1cccs1.[Cu+].[Ni]. The first-order valence-corrected chi connectivity index (χ1v) is 2.93. The molecule has 0 aliphatic carbocycles. The number of thiophene rings is 1. The standard InChI is InChI=1S/C5H4O2S.Cu.Ni/c6-5(7)4-2-1-3-8-4;;/h1-3H,(H,6,7);;/q;+1;/p-1. The molecule has 0 fully saturated rings. The van der Waals surface area contributed by atoms with Crippen LogP contribution in [0.5, 0.6) is 0 Å². The van der Waals surface area contributed by atoms with Crippen LogP contribution in [-0.2, 0) is 33.6 Å². The Balaban J connectivity index is 0. The smallest absolute Gasteiger partial charge is 0.544 e. The van der Waals surface area contributed by atoms with Gasteiger partial charge in [0.05, 0.1) is 5.97 Å². The van der Waals surface area contributed by atoms with E-state index in [0.717, 1.165) is 0 Å². The van der Waals surface area contributed by atoms with Gasteiger partial charge in [0.1, 0.15) is 0 Å². The molecule has 0 saturated heterocycles. The van der Waals surface area contributed by atoms with Gasteiger partial charge >= 0.3 is 17.1 Å². The number of carboxylic acid groups (broad SMARTS) is 1. The van der Waals surface area contributed by atoms with Crippen molar-refractivity contribution in [3.05, 3.63) is 22.4 Å². The van der Waals surface area contributed by atoms with E-state index in [-0.39, 0.29) is 38.4 Å². The summed E-state index contributed by atoms with van der Waals surface area (Å²) in [5, 5.41) is 11.7. The molecular weight excluding hydrogens is 246 g/mol. The number of carbonyl (C=O) groups is 1.